The molecular weight excluding hydrogens is 292 g/mol. The Kier molecular flexibility index (Phi) is 11.9. The van der Waals surface area contributed by atoms with Crippen molar-refractivity contribution in [1.29, 1.82) is 0 Å². The van der Waals surface area contributed by atoms with E-state index < -0.39 is 11.8 Å². The molecule has 0 aliphatic carbocycles. The summed E-state index contributed by atoms with van der Waals surface area (Å²) in [6.07, 6.45) is 2.01. The van der Waals surface area contributed by atoms with Crippen LogP contribution in [0.15, 0.2) is 24.3 Å². The number of carbonyl (C=O) groups is 2. The fraction of sp³-hybridized carbons (Fsp3) is 0.579. The van der Waals surface area contributed by atoms with Crippen LogP contribution in [-0.2, 0) is 14.3 Å². The number of Topliss-reactive ketones (excluding diaryl/α,β-unsaturated/α-hetero) is 1. The first-order valence-corrected chi connectivity index (χ1v) is 8.61. The summed E-state index contributed by atoms with van der Waals surface area (Å²) in [6, 6.07) is 7.24. The number of carbonyl (C=O) groups excluding carboxylic acids is 2. The molecular formula is C19H30O4. The number of ketones is 1. The van der Waals surface area contributed by atoms with E-state index in [0.717, 1.165) is 26.1 Å². The van der Waals surface area contributed by atoms with E-state index in [1.165, 1.54) is 5.56 Å². The third-order valence-corrected chi connectivity index (χ3v) is 3.33. The van der Waals surface area contributed by atoms with E-state index >= 15 is 0 Å². The number of esters is 1. The molecule has 0 saturated carbocycles. The van der Waals surface area contributed by atoms with Gasteiger partial charge < -0.3 is 9.47 Å². The molecule has 1 aromatic rings. The van der Waals surface area contributed by atoms with Gasteiger partial charge in [-0.1, -0.05) is 52.0 Å². The summed E-state index contributed by atoms with van der Waals surface area (Å²) in [5.41, 5.74) is 1.58. The van der Waals surface area contributed by atoms with Gasteiger partial charge in [0.1, 0.15) is 0 Å². The number of rotatable bonds is 4. The van der Waals surface area contributed by atoms with Crippen LogP contribution in [-0.4, -0.2) is 31.6 Å². The average Bonchev–Trinajstić information content (AvgIpc) is 2.65. The highest BCUT2D eigenvalue weighted by atomic mass is 16.5. The largest absolute Gasteiger partial charge is 0.460 e. The van der Waals surface area contributed by atoms with Crippen molar-refractivity contribution in [3.8, 4) is 0 Å². The zero-order valence-corrected chi connectivity index (χ0v) is 15.1. The molecule has 0 radical (unpaired) electrons. The zero-order chi connectivity index (χ0) is 17.7. The van der Waals surface area contributed by atoms with Gasteiger partial charge in [0, 0.05) is 18.8 Å². The molecule has 0 N–H and O–H groups in total. The van der Waals surface area contributed by atoms with Crippen LogP contribution in [0.4, 0.5) is 0 Å². The van der Waals surface area contributed by atoms with Crippen molar-refractivity contribution in [3.63, 3.8) is 0 Å². The first-order valence-electron chi connectivity index (χ1n) is 8.61. The van der Waals surface area contributed by atoms with Crippen LogP contribution in [0.2, 0.25) is 0 Å². The molecule has 1 saturated heterocycles. The predicted molar refractivity (Wildman–Crippen MR) is 92.9 cm³/mol. The third kappa shape index (κ3) is 6.95. The van der Waals surface area contributed by atoms with E-state index in [2.05, 4.69) is 0 Å². The average molecular weight is 322 g/mol. The van der Waals surface area contributed by atoms with Crippen molar-refractivity contribution in [2.45, 2.75) is 53.4 Å². The van der Waals surface area contributed by atoms with E-state index in [-0.39, 0.29) is 6.61 Å². The van der Waals surface area contributed by atoms with Crippen LogP contribution < -0.4 is 0 Å². The van der Waals surface area contributed by atoms with Crippen molar-refractivity contribution >= 4 is 11.8 Å². The number of benzene rings is 1. The molecule has 1 aromatic carbocycles. The maximum atomic E-state index is 11.7. The Hall–Kier alpha value is -1.68. The van der Waals surface area contributed by atoms with Crippen molar-refractivity contribution in [2.24, 2.45) is 0 Å². The minimum Gasteiger partial charge on any atom is -0.460 e. The Morgan fingerprint density at radius 1 is 1.04 bits per heavy atom. The Morgan fingerprint density at radius 3 is 2.04 bits per heavy atom. The molecule has 1 aliphatic rings. The van der Waals surface area contributed by atoms with Crippen molar-refractivity contribution < 1.29 is 19.1 Å². The number of hydrogen-bond acceptors (Lipinski definition) is 4. The van der Waals surface area contributed by atoms with Gasteiger partial charge in [-0.05, 0) is 31.2 Å². The van der Waals surface area contributed by atoms with Crippen molar-refractivity contribution in [2.75, 3.05) is 19.8 Å². The van der Waals surface area contributed by atoms with Gasteiger partial charge in [0.05, 0.1) is 6.61 Å². The molecule has 1 fully saturated rings. The lowest BCUT2D eigenvalue weighted by Crippen LogP contribution is -2.18. The molecule has 130 valence electrons. The molecule has 0 unspecified atom stereocenters. The second-order valence-corrected chi connectivity index (χ2v) is 4.56. The van der Waals surface area contributed by atoms with Gasteiger partial charge in [0.2, 0.25) is 0 Å². The summed E-state index contributed by atoms with van der Waals surface area (Å²) in [5.74, 6) is -0.887. The molecule has 2 rings (SSSR count). The van der Waals surface area contributed by atoms with Gasteiger partial charge in [0.15, 0.2) is 0 Å². The minimum absolute atomic E-state index is 0.213. The zero-order valence-electron chi connectivity index (χ0n) is 15.1. The Labute approximate surface area is 140 Å². The van der Waals surface area contributed by atoms with Crippen LogP contribution in [0.1, 0.15) is 69.3 Å². The molecule has 4 nitrogen and oxygen atoms in total. The molecule has 23 heavy (non-hydrogen) atoms. The summed E-state index contributed by atoms with van der Waals surface area (Å²) in [5, 5.41) is 0. The van der Waals surface area contributed by atoms with Crippen LogP contribution in [0.5, 0.6) is 0 Å². The van der Waals surface area contributed by atoms with Gasteiger partial charge in [-0.25, -0.2) is 4.79 Å². The smallest absolute Gasteiger partial charge is 0.379 e. The van der Waals surface area contributed by atoms with Crippen molar-refractivity contribution in [3.05, 3.63) is 35.4 Å². The molecule has 0 amide bonds. The third-order valence-electron chi connectivity index (χ3n) is 3.33. The summed E-state index contributed by atoms with van der Waals surface area (Å²) in [7, 11) is 0. The predicted octanol–water partition coefficient (Wildman–Crippen LogP) is 4.38. The van der Waals surface area contributed by atoms with E-state index in [0.29, 0.717) is 11.5 Å². The monoisotopic (exact) mass is 322 g/mol. The van der Waals surface area contributed by atoms with Gasteiger partial charge in [-0.15, -0.1) is 0 Å². The molecule has 4 heteroatoms. The highest BCUT2D eigenvalue weighted by molar-refractivity contribution is 6.40. The molecule has 0 bridgehead atoms. The SMILES string of the molecule is CC.CC.CCOC(=O)C(=O)c1ccc(C2CCOCC2)cc1. The Balaban J connectivity index is 0.00000112. The van der Waals surface area contributed by atoms with Crippen LogP contribution >= 0.6 is 0 Å². The maximum absolute atomic E-state index is 11.7. The highest BCUT2D eigenvalue weighted by Gasteiger charge is 2.19. The van der Waals surface area contributed by atoms with E-state index in [9.17, 15) is 9.59 Å². The highest BCUT2D eigenvalue weighted by Crippen LogP contribution is 2.26. The molecule has 0 aromatic heterocycles. The topological polar surface area (TPSA) is 52.6 Å². The van der Waals surface area contributed by atoms with Crippen molar-refractivity contribution in [1.82, 2.24) is 0 Å². The number of hydrogen-bond donors (Lipinski definition) is 0. The van der Waals surface area contributed by atoms with Gasteiger partial charge in [-0.3, -0.25) is 4.79 Å². The maximum Gasteiger partial charge on any atom is 0.379 e. The lowest BCUT2D eigenvalue weighted by Gasteiger charge is -2.22. The van der Waals surface area contributed by atoms with Gasteiger partial charge in [-0.2, -0.15) is 0 Å². The minimum atomic E-state index is -0.790. The fourth-order valence-corrected chi connectivity index (χ4v) is 2.25. The van der Waals surface area contributed by atoms with Crippen LogP contribution in [0, 0.1) is 0 Å². The van der Waals surface area contributed by atoms with Gasteiger partial charge >= 0.3 is 5.97 Å². The number of ether oxygens (including phenoxy) is 2. The first-order chi connectivity index (χ1) is 11.2. The quantitative estimate of drug-likeness (QED) is 0.469. The lowest BCUT2D eigenvalue weighted by molar-refractivity contribution is -0.137. The standard InChI is InChI=1S/C15H18O4.2C2H6/c1-2-19-15(17)14(16)13-5-3-11(4-6-13)12-7-9-18-10-8-12;2*1-2/h3-6,12H,2,7-10H2,1H3;2*1-2H3. The summed E-state index contributed by atoms with van der Waals surface area (Å²) in [4.78, 5) is 23.1. The molecule has 0 atom stereocenters. The summed E-state index contributed by atoms with van der Waals surface area (Å²) >= 11 is 0. The molecule has 0 spiro atoms. The Bertz CT molecular complexity index is 445. The lowest BCUT2D eigenvalue weighted by atomic mass is 9.91. The second kappa shape index (κ2) is 12.8. The van der Waals surface area contributed by atoms with Crippen LogP contribution in [0.25, 0.3) is 0 Å². The first kappa shape index (κ1) is 21.3. The summed E-state index contributed by atoms with van der Waals surface area (Å²) < 4.78 is 10.0. The normalized spacial score (nSPS) is 13.8. The van der Waals surface area contributed by atoms with E-state index in [1.807, 2.05) is 39.8 Å². The van der Waals surface area contributed by atoms with Crippen LogP contribution in [0.3, 0.4) is 0 Å². The summed E-state index contributed by atoms with van der Waals surface area (Å²) in [6.45, 7) is 11.5. The van der Waals surface area contributed by atoms with Gasteiger partial charge in [0.25, 0.3) is 5.78 Å². The molecule has 1 heterocycles. The Morgan fingerprint density at radius 2 is 1.57 bits per heavy atom. The fourth-order valence-electron chi connectivity index (χ4n) is 2.25. The van der Waals surface area contributed by atoms with E-state index in [4.69, 9.17) is 9.47 Å². The molecule has 1 aliphatic heterocycles. The second-order valence-electron chi connectivity index (χ2n) is 4.56. The van der Waals surface area contributed by atoms with E-state index in [1.54, 1.807) is 19.1 Å².